The average molecular weight is 243 g/mol. The van der Waals surface area contributed by atoms with Crippen molar-refractivity contribution in [1.82, 2.24) is 0 Å². The Kier molecular flexibility index (Phi) is 4.62. The molecule has 88 valence electrons. The summed E-state index contributed by atoms with van der Waals surface area (Å²) in [5, 5.41) is 9.71. The van der Waals surface area contributed by atoms with Crippen LogP contribution in [0.1, 0.15) is 24.5 Å². The molecule has 0 saturated carbocycles. The second-order valence-corrected chi connectivity index (χ2v) is 3.87. The maximum Gasteiger partial charge on any atom is 0.306 e. The SMILES string of the molecule is CCOC(=O)CCc1ccc(O)c(Cl)c1C. The van der Waals surface area contributed by atoms with Gasteiger partial charge in [0.25, 0.3) is 0 Å². The molecule has 0 spiro atoms. The second-order valence-electron chi connectivity index (χ2n) is 3.49. The molecule has 0 fully saturated rings. The Hall–Kier alpha value is -1.22. The van der Waals surface area contributed by atoms with Crippen molar-refractivity contribution in [2.45, 2.75) is 26.7 Å². The number of phenolic OH excluding ortho intramolecular Hbond substituents is 1. The quantitative estimate of drug-likeness (QED) is 0.826. The van der Waals surface area contributed by atoms with Gasteiger partial charge in [0, 0.05) is 6.42 Å². The lowest BCUT2D eigenvalue weighted by Gasteiger charge is -2.08. The Morgan fingerprint density at radius 2 is 2.19 bits per heavy atom. The molecule has 1 N–H and O–H groups in total. The zero-order chi connectivity index (χ0) is 12.1. The fourth-order valence-electron chi connectivity index (χ4n) is 1.45. The van der Waals surface area contributed by atoms with Crippen molar-refractivity contribution in [2.75, 3.05) is 6.61 Å². The van der Waals surface area contributed by atoms with Gasteiger partial charge in [-0.15, -0.1) is 0 Å². The number of halogens is 1. The number of carbonyl (C=O) groups excluding carboxylic acids is 1. The van der Waals surface area contributed by atoms with E-state index in [0.29, 0.717) is 24.5 Å². The molecule has 0 unspecified atom stereocenters. The lowest BCUT2D eigenvalue weighted by molar-refractivity contribution is -0.143. The van der Waals surface area contributed by atoms with Crippen LogP contribution in [-0.2, 0) is 16.0 Å². The fourth-order valence-corrected chi connectivity index (χ4v) is 1.64. The van der Waals surface area contributed by atoms with Crippen LogP contribution in [0.2, 0.25) is 5.02 Å². The first-order valence-corrected chi connectivity index (χ1v) is 5.56. The second kappa shape index (κ2) is 5.75. The summed E-state index contributed by atoms with van der Waals surface area (Å²) in [4.78, 5) is 11.2. The Bertz CT molecular complexity index is 388. The molecule has 0 atom stereocenters. The van der Waals surface area contributed by atoms with Crippen LogP contribution >= 0.6 is 11.6 Å². The summed E-state index contributed by atoms with van der Waals surface area (Å²) in [7, 11) is 0. The van der Waals surface area contributed by atoms with Gasteiger partial charge in [0.2, 0.25) is 0 Å². The highest BCUT2D eigenvalue weighted by molar-refractivity contribution is 6.32. The maximum atomic E-state index is 11.2. The third-order valence-electron chi connectivity index (χ3n) is 2.38. The average Bonchev–Trinajstić information content (AvgIpc) is 2.25. The third-order valence-corrected chi connectivity index (χ3v) is 2.86. The van der Waals surface area contributed by atoms with Crippen LogP contribution in [0.4, 0.5) is 0 Å². The van der Waals surface area contributed by atoms with Gasteiger partial charge < -0.3 is 9.84 Å². The van der Waals surface area contributed by atoms with Crippen LogP contribution in [0, 0.1) is 6.92 Å². The number of benzene rings is 1. The zero-order valence-electron chi connectivity index (χ0n) is 9.42. The first-order valence-electron chi connectivity index (χ1n) is 5.18. The number of aromatic hydroxyl groups is 1. The first kappa shape index (κ1) is 12.8. The standard InChI is InChI=1S/C12H15ClO3/c1-3-16-11(15)7-5-9-4-6-10(14)12(13)8(9)2/h4,6,14H,3,5,7H2,1-2H3. The number of rotatable bonds is 4. The molecule has 0 aromatic heterocycles. The molecule has 0 radical (unpaired) electrons. The van der Waals surface area contributed by atoms with Crippen molar-refractivity contribution >= 4 is 17.6 Å². The summed E-state index contributed by atoms with van der Waals surface area (Å²) < 4.78 is 4.84. The van der Waals surface area contributed by atoms with E-state index in [9.17, 15) is 9.90 Å². The van der Waals surface area contributed by atoms with Gasteiger partial charge >= 0.3 is 5.97 Å². The number of phenols is 1. The summed E-state index contributed by atoms with van der Waals surface area (Å²) in [5.41, 5.74) is 1.77. The molecule has 3 nitrogen and oxygen atoms in total. The van der Waals surface area contributed by atoms with E-state index in [1.807, 2.05) is 6.92 Å². The van der Waals surface area contributed by atoms with Crippen LogP contribution in [-0.4, -0.2) is 17.7 Å². The smallest absolute Gasteiger partial charge is 0.306 e. The Balaban J connectivity index is 2.68. The van der Waals surface area contributed by atoms with Crippen LogP contribution in [0.5, 0.6) is 5.75 Å². The van der Waals surface area contributed by atoms with Gasteiger partial charge in [-0.25, -0.2) is 0 Å². The minimum absolute atomic E-state index is 0.0686. The molecule has 0 heterocycles. The molecule has 0 saturated heterocycles. The maximum absolute atomic E-state index is 11.2. The van der Waals surface area contributed by atoms with Crippen LogP contribution in [0.3, 0.4) is 0 Å². The molecule has 1 aromatic carbocycles. The Morgan fingerprint density at radius 1 is 1.50 bits per heavy atom. The monoisotopic (exact) mass is 242 g/mol. The van der Waals surface area contributed by atoms with Crippen molar-refractivity contribution in [2.24, 2.45) is 0 Å². The summed E-state index contributed by atoms with van der Waals surface area (Å²) in [6, 6.07) is 3.31. The lowest BCUT2D eigenvalue weighted by Crippen LogP contribution is -2.05. The van der Waals surface area contributed by atoms with Crippen LogP contribution in [0.15, 0.2) is 12.1 Å². The van der Waals surface area contributed by atoms with Gasteiger partial charge in [0.1, 0.15) is 5.75 Å². The number of aryl methyl sites for hydroxylation is 1. The molecule has 0 aliphatic rings. The predicted molar refractivity (Wildman–Crippen MR) is 62.8 cm³/mol. The molecule has 0 aliphatic carbocycles. The van der Waals surface area contributed by atoms with E-state index in [0.717, 1.165) is 11.1 Å². The molecular weight excluding hydrogens is 228 g/mol. The van der Waals surface area contributed by atoms with E-state index in [1.165, 1.54) is 6.07 Å². The summed E-state index contributed by atoms with van der Waals surface area (Å²) in [6.07, 6.45) is 0.903. The van der Waals surface area contributed by atoms with Crippen molar-refractivity contribution in [3.05, 3.63) is 28.3 Å². The van der Waals surface area contributed by atoms with Crippen molar-refractivity contribution in [1.29, 1.82) is 0 Å². The largest absolute Gasteiger partial charge is 0.506 e. The Labute approximate surface area is 100.0 Å². The summed E-state index contributed by atoms with van der Waals surface area (Å²) in [5.74, 6) is -0.148. The highest BCUT2D eigenvalue weighted by Crippen LogP contribution is 2.29. The molecule has 16 heavy (non-hydrogen) atoms. The lowest BCUT2D eigenvalue weighted by atomic mass is 10.0. The first-order chi connectivity index (χ1) is 7.56. The highest BCUT2D eigenvalue weighted by Gasteiger charge is 2.09. The summed E-state index contributed by atoms with van der Waals surface area (Å²) in [6.45, 7) is 4.00. The third kappa shape index (κ3) is 3.14. The van der Waals surface area contributed by atoms with Crippen LogP contribution in [0.25, 0.3) is 0 Å². The highest BCUT2D eigenvalue weighted by atomic mass is 35.5. The molecule has 0 aliphatic heterocycles. The van der Waals surface area contributed by atoms with Crippen molar-refractivity contribution < 1.29 is 14.6 Å². The number of carbonyl (C=O) groups is 1. The minimum Gasteiger partial charge on any atom is -0.506 e. The van der Waals surface area contributed by atoms with Gasteiger partial charge in [-0.05, 0) is 37.5 Å². The topological polar surface area (TPSA) is 46.5 Å². The fraction of sp³-hybridized carbons (Fsp3) is 0.417. The molecule has 1 aromatic rings. The van der Waals surface area contributed by atoms with E-state index in [2.05, 4.69) is 0 Å². The van der Waals surface area contributed by atoms with Crippen molar-refractivity contribution in [3.63, 3.8) is 0 Å². The molecule has 0 amide bonds. The van der Waals surface area contributed by atoms with Crippen LogP contribution < -0.4 is 0 Å². The summed E-state index contributed by atoms with van der Waals surface area (Å²) >= 11 is 5.89. The van der Waals surface area contributed by atoms with Crippen molar-refractivity contribution in [3.8, 4) is 5.75 Å². The minimum atomic E-state index is -0.217. The molecule has 1 rings (SSSR count). The van der Waals surface area contributed by atoms with E-state index in [1.54, 1.807) is 13.0 Å². The van der Waals surface area contributed by atoms with Gasteiger partial charge in [0.05, 0.1) is 11.6 Å². The van der Waals surface area contributed by atoms with Gasteiger partial charge in [-0.3, -0.25) is 4.79 Å². The molecular formula is C12H15ClO3. The molecule has 0 bridgehead atoms. The van der Waals surface area contributed by atoms with E-state index in [-0.39, 0.29) is 11.7 Å². The number of esters is 1. The Morgan fingerprint density at radius 3 is 2.81 bits per heavy atom. The van der Waals surface area contributed by atoms with Gasteiger partial charge in [0.15, 0.2) is 0 Å². The predicted octanol–water partition coefficient (Wildman–Crippen LogP) is 2.85. The zero-order valence-corrected chi connectivity index (χ0v) is 10.2. The van der Waals surface area contributed by atoms with Gasteiger partial charge in [-0.1, -0.05) is 17.7 Å². The number of hydrogen-bond donors (Lipinski definition) is 1. The number of hydrogen-bond acceptors (Lipinski definition) is 3. The van der Waals surface area contributed by atoms with Gasteiger partial charge in [-0.2, -0.15) is 0 Å². The normalized spacial score (nSPS) is 10.2. The van der Waals surface area contributed by atoms with E-state index < -0.39 is 0 Å². The van der Waals surface area contributed by atoms with E-state index in [4.69, 9.17) is 16.3 Å². The van der Waals surface area contributed by atoms with E-state index >= 15 is 0 Å². The molecule has 4 heteroatoms. The number of ether oxygens (including phenoxy) is 1.